The molecule has 2 aromatic carbocycles. The Labute approximate surface area is 185 Å². The van der Waals surface area contributed by atoms with E-state index in [4.69, 9.17) is 23.2 Å². The van der Waals surface area contributed by atoms with Gasteiger partial charge in [0.1, 0.15) is 4.90 Å². The molecule has 0 spiro atoms. The van der Waals surface area contributed by atoms with Gasteiger partial charge in [-0.1, -0.05) is 40.9 Å². The number of rotatable bonds is 6. The molecule has 1 amide bonds. The molecule has 30 heavy (non-hydrogen) atoms. The SMILES string of the molecule is Cc1cccc(C(=O)NC[C@H]2C[C@@H](NS(=O)(=O)c3cc(Cl)ccc3Cl)CN2C#N)c1. The molecular formula is C20H20Cl2N4O3S. The second kappa shape index (κ2) is 9.23. The van der Waals surface area contributed by atoms with E-state index in [1.165, 1.54) is 23.1 Å². The van der Waals surface area contributed by atoms with Gasteiger partial charge < -0.3 is 10.2 Å². The van der Waals surface area contributed by atoms with E-state index in [-0.39, 0.29) is 40.0 Å². The standard InChI is InChI=1S/C20H20Cl2N4O3S/c1-13-3-2-4-14(7-13)20(27)24-10-17-9-16(11-26(17)12-23)25-30(28,29)19-8-15(21)5-6-18(19)22/h2-8,16-17,25H,9-11H2,1H3,(H,24,27)/t16-,17-/m1/s1. The number of hydrogen-bond acceptors (Lipinski definition) is 5. The summed E-state index contributed by atoms with van der Waals surface area (Å²) < 4.78 is 28.0. The number of carbonyl (C=O) groups is 1. The van der Waals surface area contributed by atoms with Crippen LogP contribution in [0.2, 0.25) is 10.0 Å². The monoisotopic (exact) mass is 466 g/mol. The molecule has 10 heteroatoms. The van der Waals surface area contributed by atoms with Crippen LogP contribution in [0.3, 0.4) is 0 Å². The Morgan fingerprint density at radius 1 is 1.27 bits per heavy atom. The van der Waals surface area contributed by atoms with E-state index in [2.05, 4.69) is 16.2 Å². The summed E-state index contributed by atoms with van der Waals surface area (Å²) in [5.41, 5.74) is 1.50. The van der Waals surface area contributed by atoms with E-state index in [0.717, 1.165) is 5.56 Å². The number of nitrogens with one attached hydrogen (secondary N) is 2. The topological polar surface area (TPSA) is 102 Å². The summed E-state index contributed by atoms with van der Waals surface area (Å²) in [6, 6.07) is 10.5. The fraction of sp³-hybridized carbons (Fsp3) is 0.300. The predicted octanol–water partition coefficient (Wildman–Crippen LogP) is 2.93. The van der Waals surface area contributed by atoms with Gasteiger partial charge in [0.2, 0.25) is 10.0 Å². The van der Waals surface area contributed by atoms with E-state index in [9.17, 15) is 18.5 Å². The van der Waals surface area contributed by atoms with E-state index in [1.807, 2.05) is 13.0 Å². The minimum Gasteiger partial charge on any atom is -0.350 e. The van der Waals surface area contributed by atoms with Crippen molar-refractivity contribution in [1.82, 2.24) is 14.9 Å². The molecule has 0 aromatic heterocycles. The average Bonchev–Trinajstić information content (AvgIpc) is 3.08. The molecule has 1 aliphatic heterocycles. The predicted molar refractivity (Wildman–Crippen MR) is 115 cm³/mol. The summed E-state index contributed by atoms with van der Waals surface area (Å²) >= 11 is 11.9. The van der Waals surface area contributed by atoms with Crippen molar-refractivity contribution < 1.29 is 13.2 Å². The molecule has 158 valence electrons. The minimum absolute atomic E-state index is 0.0593. The van der Waals surface area contributed by atoms with Crippen molar-refractivity contribution in [2.75, 3.05) is 13.1 Å². The zero-order valence-electron chi connectivity index (χ0n) is 16.1. The Balaban J connectivity index is 1.65. The Morgan fingerprint density at radius 2 is 2.03 bits per heavy atom. The minimum atomic E-state index is -3.92. The van der Waals surface area contributed by atoms with Crippen LogP contribution in [-0.4, -0.2) is 44.4 Å². The van der Waals surface area contributed by atoms with Gasteiger partial charge in [-0.2, -0.15) is 5.26 Å². The molecule has 1 fully saturated rings. The van der Waals surface area contributed by atoms with Crippen LogP contribution in [0.1, 0.15) is 22.3 Å². The van der Waals surface area contributed by atoms with Crippen LogP contribution in [0.25, 0.3) is 0 Å². The van der Waals surface area contributed by atoms with Crippen molar-refractivity contribution in [3.05, 3.63) is 63.6 Å². The maximum Gasteiger partial charge on any atom is 0.251 e. The van der Waals surface area contributed by atoms with E-state index >= 15 is 0 Å². The third-order valence-corrected chi connectivity index (χ3v) is 7.06. The van der Waals surface area contributed by atoms with Gasteiger partial charge in [-0.05, 0) is 43.7 Å². The maximum absolute atomic E-state index is 12.7. The van der Waals surface area contributed by atoms with Crippen molar-refractivity contribution in [2.45, 2.75) is 30.3 Å². The fourth-order valence-electron chi connectivity index (χ4n) is 3.38. The summed E-state index contributed by atoms with van der Waals surface area (Å²) in [7, 11) is -3.92. The van der Waals surface area contributed by atoms with Crippen LogP contribution in [0, 0.1) is 18.4 Å². The largest absolute Gasteiger partial charge is 0.350 e. The normalized spacial score (nSPS) is 18.8. The number of benzene rings is 2. The first-order chi connectivity index (χ1) is 14.2. The molecule has 0 aliphatic carbocycles. The van der Waals surface area contributed by atoms with Gasteiger partial charge in [0.15, 0.2) is 6.19 Å². The van der Waals surface area contributed by atoms with Crippen molar-refractivity contribution in [3.63, 3.8) is 0 Å². The molecule has 0 saturated carbocycles. The van der Waals surface area contributed by atoms with Gasteiger partial charge >= 0.3 is 0 Å². The summed E-state index contributed by atoms with van der Waals surface area (Å²) in [5.74, 6) is -0.244. The Kier molecular flexibility index (Phi) is 6.88. The molecule has 0 unspecified atom stereocenters. The molecule has 0 radical (unpaired) electrons. The van der Waals surface area contributed by atoms with Gasteiger partial charge in [-0.15, -0.1) is 0 Å². The lowest BCUT2D eigenvalue weighted by atomic mass is 10.1. The van der Waals surface area contributed by atoms with Crippen LogP contribution < -0.4 is 10.0 Å². The van der Waals surface area contributed by atoms with E-state index in [1.54, 1.807) is 18.2 Å². The zero-order valence-corrected chi connectivity index (χ0v) is 18.4. The maximum atomic E-state index is 12.7. The number of amides is 1. The Morgan fingerprint density at radius 3 is 2.73 bits per heavy atom. The lowest BCUT2D eigenvalue weighted by Gasteiger charge is -2.18. The molecule has 1 saturated heterocycles. The number of nitrogens with zero attached hydrogens (tertiary/aromatic N) is 2. The average molecular weight is 467 g/mol. The second-order valence-corrected chi connectivity index (χ2v) is 9.64. The van der Waals surface area contributed by atoms with Crippen molar-refractivity contribution in [1.29, 1.82) is 5.26 Å². The van der Waals surface area contributed by atoms with Crippen molar-refractivity contribution in [3.8, 4) is 6.19 Å². The highest BCUT2D eigenvalue weighted by Crippen LogP contribution is 2.26. The summed E-state index contributed by atoms with van der Waals surface area (Å²) in [6.45, 7) is 2.31. The molecule has 1 heterocycles. The lowest BCUT2D eigenvalue weighted by Crippen LogP contribution is -2.38. The molecule has 1 aliphatic rings. The first-order valence-corrected chi connectivity index (χ1v) is 11.4. The van der Waals surface area contributed by atoms with Gasteiger partial charge in [-0.25, -0.2) is 13.1 Å². The quantitative estimate of drug-likeness (QED) is 0.637. The third kappa shape index (κ3) is 5.24. The van der Waals surface area contributed by atoms with E-state index in [0.29, 0.717) is 12.0 Å². The molecular weight excluding hydrogens is 447 g/mol. The smallest absolute Gasteiger partial charge is 0.251 e. The highest BCUT2D eigenvalue weighted by atomic mass is 35.5. The molecule has 0 bridgehead atoms. The number of carbonyl (C=O) groups excluding carboxylic acids is 1. The second-order valence-electron chi connectivity index (χ2n) is 7.11. The molecule has 7 nitrogen and oxygen atoms in total. The fourth-order valence-corrected chi connectivity index (χ4v) is 5.39. The number of sulfonamides is 1. The first kappa shape index (κ1) is 22.4. The number of aryl methyl sites for hydroxylation is 1. The van der Waals surface area contributed by atoms with Crippen LogP contribution in [0.4, 0.5) is 0 Å². The molecule has 2 aromatic rings. The van der Waals surface area contributed by atoms with Gasteiger partial charge in [-0.3, -0.25) is 4.79 Å². The van der Waals surface area contributed by atoms with Crippen molar-refractivity contribution in [2.24, 2.45) is 0 Å². The van der Waals surface area contributed by atoms with Crippen LogP contribution in [0.15, 0.2) is 47.4 Å². The lowest BCUT2D eigenvalue weighted by molar-refractivity contribution is 0.0945. The number of likely N-dealkylation sites (tertiary alicyclic amines) is 1. The number of hydrogen-bond donors (Lipinski definition) is 2. The summed E-state index contributed by atoms with van der Waals surface area (Å²) in [4.78, 5) is 13.7. The molecule has 3 rings (SSSR count). The van der Waals surface area contributed by atoms with Gasteiger partial charge in [0.25, 0.3) is 5.91 Å². The summed E-state index contributed by atoms with van der Waals surface area (Å²) in [5, 5.41) is 12.5. The van der Waals surface area contributed by atoms with Gasteiger partial charge in [0.05, 0.1) is 11.1 Å². The number of halogens is 2. The molecule has 2 atom stereocenters. The van der Waals surface area contributed by atoms with Crippen LogP contribution in [-0.2, 0) is 10.0 Å². The zero-order chi connectivity index (χ0) is 21.9. The Hall–Kier alpha value is -2.31. The van der Waals surface area contributed by atoms with Crippen LogP contribution in [0.5, 0.6) is 0 Å². The van der Waals surface area contributed by atoms with E-state index < -0.39 is 16.1 Å². The number of nitriles is 1. The highest BCUT2D eigenvalue weighted by Gasteiger charge is 2.35. The van der Waals surface area contributed by atoms with Crippen LogP contribution >= 0.6 is 23.2 Å². The van der Waals surface area contributed by atoms with Gasteiger partial charge in [0, 0.05) is 29.7 Å². The summed E-state index contributed by atoms with van der Waals surface area (Å²) in [6.07, 6.45) is 2.42. The van der Waals surface area contributed by atoms with Crippen molar-refractivity contribution >= 4 is 39.1 Å². The Bertz CT molecular complexity index is 1100. The third-order valence-electron chi connectivity index (χ3n) is 4.83. The first-order valence-electron chi connectivity index (χ1n) is 9.18. The molecule has 2 N–H and O–H groups in total. The highest BCUT2D eigenvalue weighted by molar-refractivity contribution is 7.89.